The van der Waals surface area contributed by atoms with E-state index < -0.39 is 25.0 Å². The lowest BCUT2D eigenvalue weighted by atomic mass is 10.3. The van der Waals surface area contributed by atoms with E-state index in [4.69, 9.17) is 18.0 Å². The monoisotopic (exact) mass is 456 g/mol. The Balaban J connectivity index is -0.000000200. The molecule has 0 amide bonds. The second kappa shape index (κ2) is 19.5. The zero-order valence-corrected chi connectivity index (χ0v) is 22.5. The predicted molar refractivity (Wildman–Crippen MR) is 136 cm³/mol. The molecular weight excluding hydrogens is 400 g/mol. The van der Waals surface area contributed by atoms with E-state index in [2.05, 4.69) is 45.8 Å². The van der Waals surface area contributed by atoms with Gasteiger partial charge in [-0.15, -0.1) is 0 Å². The van der Waals surface area contributed by atoms with Gasteiger partial charge in [0, 0.05) is 42.6 Å². The zero-order chi connectivity index (χ0) is 20.7. The van der Waals surface area contributed by atoms with E-state index in [0.717, 1.165) is 19.6 Å². The molecule has 0 saturated carbocycles. The van der Waals surface area contributed by atoms with Gasteiger partial charge in [-0.25, -0.2) is 0 Å². The van der Waals surface area contributed by atoms with Crippen LogP contribution in [0.4, 0.5) is 0 Å². The first-order chi connectivity index (χ1) is 11.9. The van der Waals surface area contributed by atoms with Crippen LogP contribution in [0.1, 0.15) is 47.0 Å². The van der Waals surface area contributed by atoms with Crippen molar-refractivity contribution in [3.05, 3.63) is 0 Å². The Labute approximate surface area is 182 Å². The number of ether oxygens (including phenoxy) is 2. The van der Waals surface area contributed by atoms with Crippen molar-refractivity contribution in [3.8, 4) is 0 Å². The SMILES string of the molecule is C.C.COCCCCC[Si](C)(C)C.COCCCC[Si](C)(C)O[Si](C)(C)OC. The van der Waals surface area contributed by atoms with Gasteiger partial charge in [0.2, 0.25) is 0 Å². The first kappa shape index (κ1) is 35.9. The van der Waals surface area contributed by atoms with Crippen molar-refractivity contribution >= 4 is 25.0 Å². The molecule has 0 aromatic carbocycles. The van der Waals surface area contributed by atoms with Gasteiger partial charge in [0.1, 0.15) is 0 Å². The first-order valence-electron chi connectivity index (χ1n) is 10.1. The average molecular weight is 457 g/mol. The molecule has 0 fully saturated rings. The van der Waals surface area contributed by atoms with Crippen molar-refractivity contribution in [2.24, 2.45) is 0 Å². The smallest absolute Gasteiger partial charge is 0.321 e. The number of unbranched alkanes of at least 4 members (excludes halogenated alkanes) is 3. The maximum Gasteiger partial charge on any atom is 0.321 e. The number of hydrogen-bond acceptors (Lipinski definition) is 4. The van der Waals surface area contributed by atoms with Crippen LogP contribution in [0.2, 0.25) is 57.9 Å². The lowest BCUT2D eigenvalue weighted by molar-refractivity contribution is 0.192. The quantitative estimate of drug-likeness (QED) is 0.201. The number of rotatable bonds is 14. The van der Waals surface area contributed by atoms with Gasteiger partial charge < -0.3 is 18.0 Å². The summed E-state index contributed by atoms with van der Waals surface area (Å²) in [6.07, 6.45) is 6.31. The molecule has 0 heterocycles. The number of methoxy groups -OCH3 is 2. The van der Waals surface area contributed by atoms with Crippen molar-refractivity contribution in [2.45, 2.75) is 105 Å². The minimum atomic E-state index is -1.85. The van der Waals surface area contributed by atoms with E-state index in [1.807, 2.05) is 0 Å². The highest BCUT2D eigenvalue weighted by Crippen LogP contribution is 2.21. The highest BCUT2D eigenvalue weighted by Gasteiger charge is 2.33. The average Bonchev–Trinajstić information content (AvgIpc) is 2.50. The van der Waals surface area contributed by atoms with Crippen molar-refractivity contribution < 1.29 is 18.0 Å². The molecule has 0 aliphatic heterocycles. The van der Waals surface area contributed by atoms with E-state index >= 15 is 0 Å². The minimum Gasteiger partial charge on any atom is -0.436 e. The maximum absolute atomic E-state index is 6.17. The molecule has 0 unspecified atom stereocenters. The fourth-order valence-corrected chi connectivity index (χ4v) is 11.1. The molecule has 0 aromatic rings. The van der Waals surface area contributed by atoms with E-state index in [0.29, 0.717) is 0 Å². The second-order valence-electron chi connectivity index (χ2n) is 9.28. The Morgan fingerprint density at radius 3 is 1.39 bits per heavy atom. The van der Waals surface area contributed by atoms with E-state index in [1.165, 1.54) is 37.8 Å². The van der Waals surface area contributed by atoms with Crippen LogP contribution in [0.3, 0.4) is 0 Å². The molecule has 176 valence electrons. The largest absolute Gasteiger partial charge is 0.436 e. The van der Waals surface area contributed by atoms with E-state index in [-0.39, 0.29) is 14.9 Å². The second-order valence-corrected chi connectivity index (χ2v) is 22.9. The summed E-state index contributed by atoms with van der Waals surface area (Å²) in [7, 11) is 1.14. The highest BCUT2D eigenvalue weighted by molar-refractivity contribution is 6.82. The molecule has 0 atom stereocenters. The van der Waals surface area contributed by atoms with Gasteiger partial charge in [0.05, 0.1) is 0 Å². The van der Waals surface area contributed by atoms with E-state index in [1.54, 1.807) is 21.3 Å². The first-order valence-corrected chi connectivity index (χ1v) is 19.8. The Morgan fingerprint density at radius 1 is 0.571 bits per heavy atom. The molecule has 4 nitrogen and oxygen atoms in total. The van der Waals surface area contributed by atoms with Gasteiger partial charge in [0.15, 0.2) is 8.32 Å². The fraction of sp³-hybridized carbons (Fsp3) is 1.00. The molecule has 0 radical (unpaired) electrons. The van der Waals surface area contributed by atoms with Gasteiger partial charge >= 0.3 is 8.56 Å². The standard InChI is InChI=1S/C10H26O3Si2.C9H22OSi.2CH4/c1-11-9-7-8-10-14(3,4)13-15(5,6)12-2;1-10-8-6-5-7-9-11(2,3)4;;/h7-10H2,1-6H3;5-9H2,1-4H3;2*1H4. The Bertz CT molecular complexity index is 319. The normalized spacial score (nSPS) is 11.8. The lowest BCUT2D eigenvalue weighted by Crippen LogP contribution is -2.45. The van der Waals surface area contributed by atoms with Gasteiger partial charge in [-0.05, 0) is 45.1 Å². The summed E-state index contributed by atoms with van der Waals surface area (Å²) in [5, 5.41) is 0. The van der Waals surface area contributed by atoms with Crippen molar-refractivity contribution in [3.63, 3.8) is 0 Å². The highest BCUT2D eigenvalue weighted by atomic mass is 28.4. The van der Waals surface area contributed by atoms with Gasteiger partial charge in [-0.1, -0.05) is 59.8 Å². The van der Waals surface area contributed by atoms with Crippen LogP contribution in [0.25, 0.3) is 0 Å². The van der Waals surface area contributed by atoms with Crippen LogP contribution in [0.5, 0.6) is 0 Å². The van der Waals surface area contributed by atoms with Crippen molar-refractivity contribution in [1.82, 2.24) is 0 Å². The minimum absolute atomic E-state index is 0. The van der Waals surface area contributed by atoms with Gasteiger partial charge in [-0.3, -0.25) is 0 Å². The van der Waals surface area contributed by atoms with Gasteiger partial charge in [0.25, 0.3) is 0 Å². The summed E-state index contributed by atoms with van der Waals surface area (Å²) >= 11 is 0. The molecular formula is C21H56O4Si3. The van der Waals surface area contributed by atoms with Crippen molar-refractivity contribution in [2.75, 3.05) is 34.5 Å². The molecule has 0 bridgehead atoms. The molecule has 0 saturated heterocycles. The third-order valence-electron chi connectivity index (χ3n) is 4.17. The third-order valence-corrected chi connectivity index (χ3v) is 12.7. The molecule has 7 heteroatoms. The lowest BCUT2D eigenvalue weighted by Gasteiger charge is -2.32. The summed E-state index contributed by atoms with van der Waals surface area (Å²) in [5.41, 5.74) is 0. The van der Waals surface area contributed by atoms with Crippen LogP contribution < -0.4 is 0 Å². The van der Waals surface area contributed by atoms with Crippen molar-refractivity contribution in [1.29, 1.82) is 0 Å². The topological polar surface area (TPSA) is 36.9 Å². The van der Waals surface area contributed by atoms with Crippen LogP contribution in [-0.2, 0) is 18.0 Å². The zero-order valence-electron chi connectivity index (χ0n) is 19.5. The summed E-state index contributed by atoms with van der Waals surface area (Å²) in [4.78, 5) is 0. The van der Waals surface area contributed by atoms with Crippen LogP contribution in [0.15, 0.2) is 0 Å². The molecule has 0 aliphatic rings. The summed E-state index contributed by atoms with van der Waals surface area (Å²) in [5.74, 6) is 0. The molecule has 0 spiro atoms. The van der Waals surface area contributed by atoms with Crippen LogP contribution in [-0.4, -0.2) is 59.5 Å². The maximum atomic E-state index is 6.17. The molecule has 0 rings (SSSR count). The van der Waals surface area contributed by atoms with E-state index in [9.17, 15) is 0 Å². The van der Waals surface area contributed by atoms with Gasteiger partial charge in [-0.2, -0.15) is 0 Å². The fourth-order valence-electron chi connectivity index (χ4n) is 2.63. The summed E-state index contributed by atoms with van der Waals surface area (Å²) in [6.45, 7) is 17.9. The predicted octanol–water partition coefficient (Wildman–Crippen LogP) is 7.40. The Morgan fingerprint density at radius 2 is 1.00 bits per heavy atom. The summed E-state index contributed by atoms with van der Waals surface area (Å²) < 4.78 is 21.6. The molecule has 0 N–H and O–H groups in total. The molecule has 0 aromatic heterocycles. The third kappa shape index (κ3) is 28.7. The Hall–Kier alpha value is 0.491. The van der Waals surface area contributed by atoms with Crippen LogP contribution >= 0.6 is 0 Å². The molecule has 0 aliphatic carbocycles. The molecule has 28 heavy (non-hydrogen) atoms. The van der Waals surface area contributed by atoms with Crippen LogP contribution in [0, 0.1) is 0 Å². The Kier molecular flexibility index (Phi) is 24.9. The summed E-state index contributed by atoms with van der Waals surface area (Å²) in [6, 6.07) is 2.66. The number of hydrogen-bond donors (Lipinski definition) is 0.